The van der Waals surface area contributed by atoms with Crippen LogP contribution in [0, 0.1) is 0 Å². The molecule has 4 nitrogen and oxygen atoms in total. The fourth-order valence-corrected chi connectivity index (χ4v) is 3.14. The summed E-state index contributed by atoms with van der Waals surface area (Å²) in [5, 5.41) is 3.18. The molecule has 0 aliphatic carbocycles. The van der Waals surface area contributed by atoms with Crippen molar-refractivity contribution in [2.75, 3.05) is 37.6 Å². The molecule has 0 spiro atoms. The van der Waals surface area contributed by atoms with Gasteiger partial charge in [-0.05, 0) is 64.0 Å². The van der Waals surface area contributed by atoms with Crippen molar-refractivity contribution >= 4 is 11.6 Å². The maximum absolute atomic E-state index is 12.4. The first kappa shape index (κ1) is 16.8. The summed E-state index contributed by atoms with van der Waals surface area (Å²) in [5.74, 6) is 0.0500. The van der Waals surface area contributed by atoms with Crippen molar-refractivity contribution in [3.8, 4) is 0 Å². The number of anilines is 1. The van der Waals surface area contributed by atoms with Crippen molar-refractivity contribution in [1.29, 1.82) is 0 Å². The molecule has 1 amide bonds. The highest BCUT2D eigenvalue weighted by Crippen LogP contribution is 2.16. The Labute approximate surface area is 134 Å². The number of amides is 1. The van der Waals surface area contributed by atoms with Crippen LogP contribution in [0.25, 0.3) is 0 Å². The summed E-state index contributed by atoms with van der Waals surface area (Å²) in [5.41, 5.74) is 1.93. The van der Waals surface area contributed by atoms with Crippen molar-refractivity contribution in [3.63, 3.8) is 0 Å². The fraction of sp³-hybridized carbons (Fsp3) is 0.611. The molecule has 122 valence electrons. The number of piperidine rings is 1. The third kappa shape index (κ3) is 4.23. The van der Waals surface area contributed by atoms with Gasteiger partial charge in [-0.3, -0.25) is 4.79 Å². The summed E-state index contributed by atoms with van der Waals surface area (Å²) in [6.45, 7) is 11.6. The third-order valence-electron chi connectivity index (χ3n) is 4.55. The largest absolute Gasteiger partial charge is 0.372 e. The number of benzene rings is 1. The van der Waals surface area contributed by atoms with Crippen molar-refractivity contribution in [3.05, 3.63) is 29.8 Å². The second kappa shape index (κ2) is 8.18. The van der Waals surface area contributed by atoms with Gasteiger partial charge in [0.1, 0.15) is 0 Å². The molecule has 1 aliphatic heterocycles. The van der Waals surface area contributed by atoms with Crippen LogP contribution >= 0.6 is 0 Å². The van der Waals surface area contributed by atoms with Crippen LogP contribution in [0.2, 0.25) is 0 Å². The van der Waals surface area contributed by atoms with E-state index >= 15 is 0 Å². The lowest BCUT2D eigenvalue weighted by atomic mass is 10.0. The molecule has 1 fully saturated rings. The van der Waals surface area contributed by atoms with Crippen LogP contribution in [0.15, 0.2) is 24.3 Å². The maximum Gasteiger partial charge on any atom is 0.251 e. The summed E-state index contributed by atoms with van der Waals surface area (Å²) >= 11 is 0. The van der Waals surface area contributed by atoms with Gasteiger partial charge in [-0.15, -0.1) is 0 Å². The predicted molar refractivity (Wildman–Crippen MR) is 92.6 cm³/mol. The molecule has 0 aromatic heterocycles. The predicted octanol–water partition coefficient (Wildman–Crippen LogP) is 2.75. The molecular formula is C18H29N3O. The molecule has 1 atom stereocenters. The van der Waals surface area contributed by atoms with E-state index in [1.807, 2.05) is 24.3 Å². The van der Waals surface area contributed by atoms with E-state index in [1.54, 1.807) is 0 Å². The van der Waals surface area contributed by atoms with Crippen LogP contribution in [0.3, 0.4) is 0 Å². The van der Waals surface area contributed by atoms with Gasteiger partial charge in [0.2, 0.25) is 0 Å². The molecule has 1 aromatic rings. The van der Waals surface area contributed by atoms with Gasteiger partial charge in [0.25, 0.3) is 5.91 Å². The zero-order chi connectivity index (χ0) is 15.9. The minimum atomic E-state index is 0.0500. The van der Waals surface area contributed by atoms with Crippen LogP contribution in [0.5, 0.6) is 0 Å². The average molecular weight is 303 g/mol. The van der Waals surface area contributed by atoms with Gasteiger partial charge < -0.3 is 15.1 Å². The Kier molecular flexibility index (Phi) is 6.25. The van der Waals surface area contributed by atoms with Gasteiger partial charge in [0, 0.05) is 36.9 Å². The molecule has 0 bridgehead atoms. The van der Waals surface area contributed by atoms with Gasteiger partial charge in [0.15, 0.2) is 0 Å². The monoisotopic (exact) mass is 303 g/mol. The van der Waals surface area contributed by atoms with E-state index < -0.39 is 0 Å². The zero-order valence-electron chi connectivity index (χ0n) is 14.1. The molecule has 1 aliphatic rings. The first-order chi connectivity index (χ1) is 10.7. The molecule has 4 heteroatoms. The molecule has 22 heavy (non-hydrogen) atoms. The van der Waals surface area contributed by atoms with Crippen molar-refractivity contribution in [2.24, 2.45) is 0 Å². The van der Waals surface area contributed by atoms with Gasteiger partial charge in [-0.2, -0.15) is 0 Å². The number of likely N-dealkylation sites (N-methyl/N-ethyl adjacent to an activating group) is 1. The lowest BCUT2D eigenvalue weighted by molar-refractivity contribution is 0.0906. The maximum atomic E-state index is 12.4. The van der Waals surface area contributed by atoms with Crippen LogP contribution in [0.4, 0.5) is 5.69 Å². The summed E-state index contributed by atoms with van der Waals surface area (Å²) in [4.78, 5) is 17.1. The number of carbonyl (C=O) groups excluding carboxylic acids is 1. The van der Waals surface area contributed by atoms with E-state index in [4.69, 9.17) is 0 Å². The van der Waals surface area contributed by atoms with Crippen LogP contribution in [-0.4, -0.2) is 49.6 Å². The van der Waals surface area contributed by atoms with Crippen LogP contribution < -0.4 is 10.2 Å². The molecule has 2 rings (SSSR count). The Hall–Kier alpha value is -1.55. The fourth-order valence-electron chi connectivity index (χ4n) is 3.14. The quantitative estimate of drug-likeness (QED) is 0.878. The second-order valence-corrected chi connectivity index (χ2v) is 5.93. The molecule has 1 N–H and O–H groups in total. The van der Waals surface area contributed by atoms with Crippen LogP contribution in [0.1, 0.15) is 44.0 Å². The number of carbonyl (C=O) groups is 1. The van der Waals surface area contributed by atoms with Gasteiger partial charge >= 0.3 is 0 Å². The van der Waals surface area contributed by atoms with Gasteiger partial charge in [-0.25, -0.2) is 0 Å². The highest BCUT2D eigenvalue weighted by Gasteiger charge is 2.20. The highest BCUT2D eigenvalue weighted by molar-refractivity contribution is 5.94. The summed E-state index contributed by atoms with van der Waals surface area (Å²) in [6, 6.07) is 8.23. The van der Waals surface area contributed by atoms with E-state index in [1.165, 1.54) is 12.1 Å². The van der Waals surface area contributed by atoms with E-state index in [0.717, 1.165) is 44.7 Å². The molecule has 0 saturated carbocycles. The van der Waals surface area contributed by atoms with E-state index in [0.29, 0.717) is 0 Å². The molecule has 1 unspecified atom stereocenters. The standard InChI is InChI=1S/C18H29N3O/c1-4-20-13-7-8-16(14-20)19-18(22)15-9-11-17(12-10-15)21(5-2)6-3/h9-12,16H,4-8,13-14H2,1-3H3,(H,19,22). The first-order valence-electron chi connectivity index (χ1n) is 8.56. The minimum absolute atomic E-state index is 0.0500. The second-order valence-electron chi connectivity index (χ2n) is 5.93. The number of nitrogens with one attached hydrogen (secondary N) is 1. The Morgan fingerprint density at radius 1 is 1.23 bits per heavy atom. The van der Waals surface area contributed by atoms with Gasteiger partial charge in [0.05, 0.1) is 0 Å². The summed E-state index contributed by atoms with van der Waals surface area (Å²) in [6.07, 6.45) is 2.25. The number of hydrogen-bond acceptors (Lipinski definition) is 3. The van der Waals surface area contributed by atoms with Crippen molar-refractivity contribution < 1.29 is 4.79 Å². The highest BCUT2D eigenvalue weighted by atomic mass is 16.1. The lowest BCUT2D eigenvalue weighted by Gasteiger charge is -2.32. The normalized spacial score (nSPS) is 19.0. The Morgan fingerprint density at radius 3 is 2.50 bits per heavy atom. The Balaban J connectivity index is 1.95. The first-order valence-corrected chi connectivity index (χ1v) is 8.56. The molecule has 1 heterocycles. The number of nitrogens with zero attached hydrogens (tertiary/aromatic N) is 2. The molecule has 1 aromatic carbocycles. The van der Waals surface area contributed by atoms with Crippen LogP contribution in [-0.2, 0) is 0 Å². The summed E-state index contributed by atoms with van der Waals surface area (Å²) in [7, 11) is 0. The minimum Gasteiger partial charge on any atom is -0.372 e. The number of rotatable bonds is 6. The zero-order valence-corrected chi connectivity index (χ0v) is 14.1. The van der Waals surface area contributed by atoms with E-state index in [2.05, 4.69) is 35.9 Å². The van der Waals surface area contributed by atoms with Crippen molar-refractivity contribution in [1.82, 2.24) is 10.2 Å². The number of likely N-dealkylation sites (tertiary alicyclic amines) is 1. The SMILES string of the molecule is CCN1CCCC(NC(=O)c2ccc(N(CC)CC)cc2)C1. The number of hydrogen-bond donors (Lipinski definition) is 1. The molecule has 0 radical (unpaired) electrons. The van der Waals surface area contributed by atoms with Crippen molar-refractivity contribution in [2.45, 2.75) is 39.7 Å². The third-order valence-corrected chi connectivity index (χ3v) is 4.55. The average Bonchev–Trinajstić information content (AvgIpc) is 2.56. The lowest BCUT2D eigenvalue weighted by Crippen LogP contribution is -2.47. The molecular weight excluding hydrogens is 274 g/mol. The smallest absolute Gasteiger partial charge is 0.251 e. The van der Waals surface area contributed by atoms with E-state index in [-0.39, 0.29) is 11.9 Å². The Bertz CT molecular complexity index is 468. The van der Waals surface area contributed by atoms with E-state index in [9.17, 15) is 4.79 Å². The Morgan fingerprint density at radius 2 is 1.91 bits per heavy atom. The molecule has 1 saturated heterocycles. The van der Waals surface area contributed by atoms with Gasteiger partial charge in [-0.1, -0.05) is 6.92 Å². The summed E-state index contributed by atoms with van der Waals surface area (Å²) < 4.78 is 0. The topological polar surface area (TPSA) is 35.6 Å².